The predicted molar refractivity (Wildman–Crippen MR) is 48.8 cm³/mol. The zero-order chi connectivity index (χ0) is 9.57. The van der Waals surface area contributed by atoms with E-state index in [0.29, 0.717) is 0 Å². The number of hydrogen-bond acceptors (Lipinski definition) is 3. The monoisotopic (exact) mass is 178 g/mol. The molecular weight excluding hydrogens is 164 g/mol. The largest absolute Gasteiger partial charge is 0.236 e. The highest BCUT2D eigenvalue weighted by atomic mass is 16.1. The van der Waals surface area contributed by atoms with E-state index in [9.17, 15) is 4.79 Å². The maximum absolute atomic E-state index is 10.2. The number of nitriles is 1. The van der Waals surface area contributed by atoms with Crippen LogP contribution in [0.5, 0.6) is 0 Å². The normalized spacial score (nSPS) is 21.8. The summed E-state index contributed by atoms with van der Waals surface area (Å²) in [5, 5.41) is 8.97. The van der Waals surface area contributed by atoms with Crippen molar-refractivity contribution in [1.82, 2.24) is 0 Å². The van der Waals surface area contributed by atoms with E-state index in [0.717, 1.165) is 38.5 Å². The molecule has 0 bridgehead atoms. The van der Waals surface area contributed by atoms with Crippen LogP contribution in [0.1, 0.15) is 44.9 Å². The lowest BCUT2D eigenvalue weighted by molar-refractivity contribution is 0.386. The lowest BCUT2D eigenvalue weighted by Gasteiger charge is -2.22. The summed E-state index contributed by atoms with van der Waals surface area (Å²) in [7, 11) is 0. The molecule has 1 aliphatic carbocycles. The fourth-order valence-electron chi connectivity index (χ4n) is 1.83. The van der Waals surface area contributed by atoms with Crippen LogP contribution in [0.3, 0.4) is 0 Å². The van der Waals surface area contributed by atoms with Crippen LogP contribution < -0.4 is 0 Å². The molecule has 0 unspecified atom stereocenters. The second kappa shape index (κ2) is 4.79. The van der Waals surface area contributed by atoms with Crippen molar-refractivity contribution in [1.29, 1.82) is 5.26 Å². The molecule has 0 aliphatic heterocycles. The van der Waals surface area contributed by atoms with Gasteiger partial charge in [-0.15, -0.1) is 0 Å². The van der Waals surface area contributed by atoms with Crippen LogP contribution in [0.15, 0.2) is 4.99 Å². The number of aliphatic imine (C=N–C) groups is 1. The minimum atomic E-state index is -0.748. The molecule has 0 aromatic rings. The number of hydrogen-bond donors (Lipinski definition) is 0. The first-order chi connectivity index (χ1) is 6.33. The summed E-state index contributed by atoms with van der Waals surface area (Å²) in [5.74, 6) is 0. The second-order valence-corrected chi connectivity index (χ2v) is 3.61. The molecule has 1 aliphatic rings. The molecule has 13 heavy (non-hydrogen) atoms. The van der Waals surface area contributed by atoms with Crippen molar-refractivity contribution in [2.24, 2.45) is 4.99 Å². The molecular formula is C10H14N2O. The topological polar surface area (TPSA) is 53.2 Å². The minimum absolute atomic E-state index is 0.721. The molecule has 3 nitrogen and oxygen atoms in total. The van der Waals surface area contributed by atoms with E-state index in [2.05, 4.69) is 11.1 Å². The molecule has 1 rings (SSSR count). The molecule has 0 spiro atoms. The third kappa shape index (κ3) is 2.68. The van der Waals surface area contributed by atoms with Crippen molar-refractivity contribution >= 4 is 6.08 Å². The van der Waals surface area contributed by atoms with Crippen molar-refractivity contribution in [3.8, 4) is 6.07 Å². The lowest BCUT2D eigenvalue weighted by Crippen LogP contribution is -2.25. The molecule has 0 saturated heterocycles. The Bertz CT molecular complexity index is 240. The summed E-state index contributed by atoms with van der Waals surface area (Å²) in [4.78, 5) is 13.9. The summed E-state index contributed by atoms with van der Waals surface area (Å²) >= 11 is 0. The van der Waals surface area contributed by atoms with E-state index in [1.54, 1.807) is 0 Å². The molecule has 0 aromatic carbocycles. The van der Waals surface area contributed by atoms with E-state index in [4.69, 9.17) is 5.26 Å². The summed E-state index contributed by atoms with van der Waals surface area (Å²) in [5.41, 5.74) is -0.748. The quantitative estimate of drug-likeness (QED) is 0.457. The van der Waals surface area contributed by atoms with E-state index in [1.807, 2.05) is 0 Å². The molecule has 70 valence electrons. The molecule has 0 heterocycles. The van der Waals surface area contributed by atoms with Crippen LogP contribution in [-0.2, 0) is 4.79 Å². The van der Waals surface area contributed by atoms with Crippen LogP contribution in [-0.4, -0.2) is 11.6 Å². The van der Waals surface area contributed by atoms with Crippen LogP contribution >= 0.6 is 0 Å². The Morgan fingerprint density at radius 2 is 1.62 bits per heavy atom. The predicted octanol–water partition coefficient (Wildman–Crippen LogP) is 2.33. The molecule has 0 amide bonds. The molecule has 0 radical (unpaired) electrons. The maximum Gasteiger partial charge on any atom is 0.236 e. The maximum atomic E-state index is 10.2. The van der Waals surface area contributed by atoms with Crippen molar-refractivity contribution in [2.75, 3.05) is 0 Å². The fraction of sp³-hybridized carbons (Fsp3) is 0.800. The standard InChI is InChI=1S/C10H14N2O/c11-8-10(12-9-13)6-4-2-1-3-5-7-10/h1-7H2. The summed E-state index contributed by atoms with van der Waals surface area (Å²) in [6.07, 6.45) is 8.51. The molecule has 0 atom stereocenters. The molecule has 3 heteroatoms. The Kier molecular flexibility index (Phi) is 3.67. The number of nitrogens with zero attached hydrogens (tertiary/aromatic N) is 2. The van der Waals surface area contributed by atoms with Gasteiger partial charge in [-0.1, -0.05) is 19.3 Å². The Morgan fingerprint density at radius 3 is 2.08 bits per heavy atom. The third-order valence-corrected chi connectivity index (χ3v) is 2.65. The van der Waals surface area contributed by atoms with Gasteiger partial charge >= 0.3 is 0 Å². The Hall–Kier alpha value is -1.13. The first-order valence-corrected chi connectivity index (χ1v) is 4.83. The first kappa shape index (κ1) is 9.95. The van der Waals surface area contributed by atoms with Gasteiger partial charge in [-0.2, -0.15) is 10.3 Å². The number of isocyanates is 1. The zero-order valence-corrected chi connectivity index (χ0v) is 7.75. The smallest absolute Gasteiger partial charge is 0.211 e. The highest BCUT2D eigenvalue weighted by Crippen LogP contribution is 2.28. The Morgan fingerprint density at radius 1 is 1.08 bits per heavy atom. The molecule has 1 fully saturated rings. The van der Waals surface area contributed by atoms with Gasteiger partial charge in [0.1, 0.15) is 0 Å². The van der Waals surface area contributed by atoms with E-state index < -0.39 is 5.54 Å². The Balaban J connectivity index is 2.70. The lowest BCUT2D eigenvalue weighted by atomic mass is 9.86. The van der Waals surface area contributed by atoms with Gasteiger partial charge in [-0.25, -0.2) is 4.79 Å². The highest BCUT2D eigenvalue weighted by Gasteiger charge is 2.29. The van der Waals surface area contributed by atoms with Gasteiger partial charge in [-0.3, -0.25) is 0 Å². The zero-order valence-electron chi connectivity index (χ0n) is 7.75. The van der Waals surface area contributed by atoms with E-state index in [-0.39, 0.29) is 0 Å². The first-order valence-electron chi connectivity index (χ1n) is 4.83. The van der Waals surface area contributed by atoms with Crippen molar-refractivity contribution < 1.29 is 4.79 Å². The van der Waals surface area contributed by atoms with Gasteiger partial charge in [0.25, 0.3) is 0 Å². The van der Waals surface area contributed by atoms with Crippen LogP contribution in [0, 0.1) is 11.3 Å². The summed E-state index contributed by atoms with van der Waals surface area (Å²) < 4.78 is 0. The van der Waals surface area contributed by atoms with Gasteiger partial charge in [-0.05, 0) is 25.7 Å². The van der Waals surface area contributed by atoms with Crippen molar-refractivity contribution in [3.63, 3.8) is 0 Å². The molecule has 1 saturated carbocycles. The minimum Gasteiger partial charge on any atom is -0.211 e. The van der Waals surface area contributed by atoms with Crippen LogP contribution in [0.2, 0.25) is 0 Å². The molecule has 0 N–H and O–H groups in total. The summed E-state index contributed by atoms with van der Waals surface area (Å²) in [6.45, 7) is 0. The van der Waals surface area contributed by atoms with Gasteiger partial charge in [0, 0.05) is 0 Å². The van der Waals surface area contributed by atoms with Crippen molar-refractivity contribution in [2.45, 2.75) is 50.5 Å². The fourth-order valence-corrected chi connectivity index (χ4v) is 1.83. The van der Waals surface area contributed by atoms with Gasteiger partial charge < -0.3 is 0 Å². The summed E-state index contributed by atoms with van der Waals surface area (Å²) in [6, 6.07) is 2.16. The van der Waals surface area contributed by atoms with E-state index >= 15 is 0 Å². The van der Waals surface area contributed by atoms with Gasteiger partial charge in [0.2, 0.25) is 6.08 Å². The van der Waals surface area contributed by atoms with Crippen LogP contribution in [0.4, 0.5) is 0 Å². The van der Waals surface area contributed by atoms with Gasteiger partial charge in [0.05, 0.1) is 6.07 Å². The molecule has 0 aromatic heterocycles. The average molecular weight is 178 g/mol. The van der Waals surface area contributed by atoms with E-state index in [1.165, 1.54) is 12.5 Å². The third-order valence-electron chi connectivity index (χ3n) is 2.65. The van der Waals surface area contributed by atoms with Crippen LogP contribution in [0.25, 0.3) is 0 Å². The Labute approximate surface area is 78.5 Å². The van der Waals surface area contributed by atoms with Gasteiger partial charge in [0.15, 0.2) is 5.54 Å². The number of carbonyl (C=O) groups excluding carboxylic acids is 1. The number of rotatable bonds is 1. The SMILES string of the molecule is N#CC1(N=C=O)CCCCCCC1. The average Bonchev–Trinajstić information content (AvgIpc) is 2.10. The second-order valence-electron chi connectivity index (χ2n) is 3.61. The highest BCUT2D eigenvalue weighted by molar-refractivity contribution is 5.36. The van der Waals surface area contributed by atoms with Crippen molar-refractivity contribution in [3.05, 3.63) is 0 Å².